The van der Waals surface area contributed by atoms with Crippen LogP contribution in [0.2, 0.25) is 0 Å². The molecule has 6 nitrogen and oxygen atoms in total. The van der Waals surface area contributed by atoms with Crippen molar-refractivity contribution in [2.45, 2.75) is 32.8 Å². The number of amides is 1. The van der Waals surface area contributed by atoms with Gasteiger partial charge in [0.05, 0.1) is 12.0 Å². The number of nitrogens with zero attached hydrogens (tertiary/aromatic N) is 1. The molecule has 2 rings (SSSR count). The molecule has 0 bridgehead atoms. The summed E-state index contributed by atoms with van der Waals surface area (Å²) >= 11 is 0. The van der Waals surface area contributed by atoms with E-state index in [4.69, 9.17) is 4.74 Å². The molecule has 0 aliphatic carbocycles. The number of hydrogen-bond acceptors (Lipinski definition) is 4. The lowest BCUT2D eigenvalue weighted by molar-refractivity contribution is -0.127. The van der Waals surface area contributed by atoms with Gasteiger partial charge in [0.15, 0.2) is 0 Å². The van der Waals surface area contributed by atoms with Crippen molar-refractivity contribution in [3.8, 4) is 0 Å². The molecule has 98 valence electrons. The van der Waals surface area contributed by atoms with Crippen molar-refractivity contribution in [1.29, 1.82) is 0 Å². The summed E-state index contributed by atoms with van der Waals surface area (Å²) < 4.78 is 5.45. The van der Waals surface area contributed by atoms with Crippen LogP contribution in [0.1, 0.15) is 25.5 Å². The van der Waals surface area contributed by atoms with Gasteiger partial charge in [-0.2, -0.15) is 4.98 Å². The zero-order valence-electron chi connectivity index (χ0n) is 10.5. The van der Waals surface area contributed by atoms with Crippen LogP contribution in [-0.4, -0.2) is 28.6 Å². The van der Waals surface area contributed by atoms with Crippen molar-refractivity contribution in [3.05, 3.63) is 22.2 Å². The first-order valence-corrected chi connectivity index (χ1v) is 6.06. The van der Waals surface area contributed by atoms with Crippen molar-refractivity contribution < 1.29 is 9.53 Å². The maximum Gasteiger partial charge on any atom is 0.347 e. The maximum absolute atomic E-state index is 12.1. The molecule has 1 aromatic heterocycles. The summed E-state index contributed by atoms with van der Waals surface area (Å²) in [7, 11) is 0. The SMILES string of the molecule is Cc1cc(NC(=O)[C@H]2CCCO[C@@H]2C)nc(=O)[nH]1. The van der Waals surface area contributed by atoms with Crippen LogP contribution in [0.5, 0.6) is 0 Å². The summed E-state index contributed by atoms with van der Waals surface area (Å²) in [5.74, 6) is -0.0288. The highest BCUT2D eigenvalue weighted by molar-refractivity contribution is 5.92. The van der Waals surface area contributed by atoms with Gasteiger partial charge in [0.2, 0.25) is 5.91 Å². The smallest absolute Gasteiger partial charge is 0.347 e. The maximum atomic E-state index is 12.1. The third kappa shape index (κ3) is 2.95. The number of carbonyl (C=O) groups is 1. The average Bonchev–Trinajstić information content (AvgIpc) is 2.27. The van der Waals surface area contributed by atoms with Gasteiger partial charge in [-0.1, -0.05) is 0 Å². The highest BCUT2D eigenvalue weighted by atomic mass is 16.5. The van der Waals surface area contributed by atoms with E-state index in [9.17, 15) is 9.59 Å². The number of anilines is 1. The average molecular weight is 251 g/mol. The summed E-state index contributed by atoms with van der Waals surface area (Å²) in [4.78, 5) is 29.5. The Morgan fingerprint density at radius 2 is 2.39 bits per heavy atom. The zero-order chi connectivity index (χ0) is 13.1. The molecule has 0 unspecified atom stereocenters. The van der Waals surface area contributed by atoms with Crippen molar-refractivity contribution in [3.63, 3.8) is 0 Å². The number of aromatic amines is 1. The quantitative estimate of drug-likeness (QED) is 0.815. The first-order chi connectivity index (χ1) is 8.56. The molecule has 0 saturated carbocycles. The van der Waals surface area contributed by atoms with Gasteiger partial charge in [-0.25, -0.2) is 4.79 Å². The number of H-pyrrole nitrogens is 1. The third-order valence-electron chi connectivity index (χ3n) is 3.07. The normalized spacial score (nSPS) is 23.7. The summed E-state index contributed by atoms with van der Waals surface area (Å²) in [6.07, 6.45) is 1.58. The monoisotopic (exact) mass is 251 g/mol. The Bertz CT molecular complexity index is 498. The van der Waals surface area contributed by atoms with Gasteiger partial charge in [-0.3, -0.25) is 4.79 Å². The number of rotatable bonds is 2. The molecule has 0 aromatic carbocycles. The molecule has 1 saturated heterocycles. The minimum absolute atomic E-state index is 0.0955. The van der Waals surface area contributed by atoms with Crippen molar-refractivity contribution in [2.24, 2.45) is 5.92 Å². The predicted octanol–water partition coefficient (Wildman–Crippen LogP) is 0.832. The van der Waals surface area contributed by atoms with Gasteiger partial charge in [-0.15, -0.1) is 0 Å². The Balaban J connectivity index is 2.08. The lowest BCUT2D eigenvalue weighted by Gasteiger charge is -2.27. The molecule has 2 N–H and O–H groups in total. The molecule has 2 atom stereocenters. The number of aromatic nitrogens is 2. The lowest BCUT2D eigenvalue weighted by Crippen LogP contribution is -2.36. The van der Waals surface area contributed by atoms with E-state index in [1.807, 2.05) is 6.92 Å². The van der Waals surface area contributed by atoms with Gasteiger partial charge in [0.1, 0.15) is 5.82 Å². The van der Waals surface area contributed by atoms with Crippen LogP contribution < -0.4 is 11.0 Å². The van der Waals surface area contributed by atoms with Gasteiger partial charge in [0, 0.05) is 18.4 Å². The van der Waals surface area contributed by atoms with Gasteiger partial charge < -0.3 is 15.0 Å². The highest BCUT2D eigenvalue weighted by Gasteiger charge is 2.28. The zero-order valence-corrected chi connectivity index (χ0v) is 10.5. The number of carbonyl (C=O) groups excluding carboxylic acids is 1. The fourth-order valence-electron chi connectivity index (χ4n) is 2.13. The standard InChI is InChI=1S/C12H17N3O3/c1-7-6-10(15-12(17)13-7)14-11(16)9-4-3-5-18-8(9)2/h6,8-9H,3-5H2,1-2H3,(H2,13,14,15,16,17)/t8-,9+/m1/s1. The van der Waals surface area contributed by atoms with E-state index in [0.717, 1.165) is 12.8 Å². The Morgan fingerprint density at radius 1 is 1.61 bits per heavy atom. The van der Waals surface area contributed by atoms with Crippen molar-refractivity contribution in [1.82, 2.24) is 9.97 Å². The fraction of sp³-hybridized carbons (Fsp3) is 0.583. The summed E-state index contributed by atoms with van der Waals surface area (Å²) in [5.41, 5.74) is 0.205. The lowest BCUT2D eigenvalue weighted by atomic mass is 9.94. The molecule has 1 aliphatic rings. The van der Waals surface area contributed by atoms with E-state index in [-0.39, 0.29) is 17.9 Å². The Labute approximate surface area is 105 Å². The van der Waals surface area contributed by atoms with E-state index < -0.39 is 5.69 Å². The van der Waals surface area contributed by atoms with Crippen LogP contribution in [0, 0.1) is 12.8 Å². The predicted molar refractivity (Wildman–Crippen MR) is 66.4 cm³/mol. The number of hydrogen-bond donors (Lipinski definition) is 2. The topological polar surface area (TPSA) is 84.1 Å². The fourth-order valence-corrected chi connectivity index (χ4v) is 2.13. The molecular formula is C12H17N3O3. The van der Waals surface area contributed by atoms with Crippen molar-refractivity contribution >= 4 is 11.7 Å². The molecular weight excluding hydrogens is 234 g/mol. The van der Waals surface area contributed by atoms with E-state index in [1.54, 1.807) is 13.0 Å². The van der Waals surface area contributed by atoms with Crippen LogP contribution in [0.15, 0.2) is 10.9 Å². The van der Waals surface area contributed by atoms with Crippen LogP contribution in [-0.2, 0) is 9.53 Å². The van der Waals surface area contributed by atoms with Gasteiger partial charge >= 0.3 is 5.69 Å². The number of aryl methyl sites for hydroxylation is 1. The van der Waals surface area contributed by atoms with Crippen LogP contribution in [0.25, 0.3) is 0 Å². The first-order valence-electron chi connectivity index (χ1n) is 6.06. The second-order valence-electron chi connectivity index (χ2n) is 4.57. The first kappa shape index (κ1) is 12.8. The second-order valence-corrected chi connectivity index (χ2v) is 4.57. The van der Waals surface area contributed by atoms with Crippen LogP contribution in [0.4, 0.5) is 5.82 Å². The summed E-state index contributed by atoms with van der Waals surface area (Å²) in [5, 5.41) is 2.67. The molecule has 0 spiro atoms. The molecule has 1 aliphatic heterocycles. The number of ether oxygens (including phenoxy) is 1. The van der Waals surface area contributed by atoms with E-state index in [2.05, 4.69) is 15.3 Å². The minimum Gasteiger partial charge on any atom is -0.378 e. The Hall–Kier alpha value is -1.69. The summed E-state index contributed by atoms with van der Waals surface area (Å²) in [6, 6.07) is 1.63. The largest absolute Gasteiger partial charge is 0.378 e. The van der Waals surface area contributed by atoms with Gasteiger partial charge in [-0.05, 0) is 26.7 Å². The molecule has 1 aromatic rings. The van der Waals surface area contributed by atoms with Gasteiger partial charge in [0.25, 0.3) is 0 Å². The third-order valence-corrected chi connectivity index (χ3v) is 3.07. The molecule has 1 fully saturated rings. The van der Waals surface area contributed by atoms with Crippen LogP contribution >= 0.6 is 0 Å². The van der Waals surface area contributed by atoms with E-state index >= 15 is 0 Å². The molecule has 2 heterocycles. The van der Waals surface area contributed by atoms with E-state index in [1.165, 1.54) is 0 Å². The van der Waals surface area contributed by atoms with E-state index in [0.29, 0.717) is 18.1 Å². The minimum atomic E-state index is -0.460. The van der Waals surface area contributed by atoms with Crippen molar-refractivity contribution in [2.75, 3.05) is 11.9 Å². The molecule has 0 radical (unpaired) electrons. The number of nitrogens with one attached hydrogen (secondary N) is 2. The second kappa shape index (κ2) is 5.30. The summed E-state index contributed by atoms with van der Waals surface area (Å²) in [6.45, 7) is 4.33. The Kier molecular flexibility index (Phi) is 3.76. The molecule has 1 amide bonds. The highest BCUT2D eigenvalue weighted by Crippen LogP contribution is 2.21. The molecule has 18 heavy (non-hydrogen) atoms. The molecule has 6 heteroatoms. The Morgan fingerprint density at radius 3 is 3.06 bits per heavy atom. The van der Waals surface area contributed by atoms with Crippen LogP contribution in [0.3, 0.4) is 0 Å².